The second kappa shape index (κ2) is 9.23. The van der Waals surface area contributed by atoms with Crippen LogP contribution < -0.4 is 15.8 Å². The molecule has 3 aromatic rings. The number of hydrogen-bond acceptors (Lipinski definition) is 6. The number of methoxy groups -OCH3 is 1. The average Bonchev–Trinajstić information content (AvgIpc) is 2.73. The normalized spacial score (nSPS) is 12.3. The first kappa shape index (κ1) is 23.0. The van der Waals surface area contributed by atoms with Crippen LogP contribution in [0.2, 0.25) is 0 Å². The van der Waals surface area contributed by atoms with Crippen molar-refractivity contribution in [1.29, 1.82) is 0 Å². The van der Waals surface area contributed by atoms with Crippen molar-refractivity contribution in [3.63, 3.8) is 0 Å². The Kier molecular flexibility index (Phi) is 6.64. The van der Waals surface area contributed by atoms with Gasteiger partial charge in [-0.2, -0.15) is 13.2 Å². The molecule has 0 aliphatic heterocycles. The summed E-state index contributed by atoms with van der Waals surface area (Å²) < 4.78 is 46.0. The maximum atomic E-state index is 13.5. The van der Waals surface area contributed by atoms with E-state index >= 15 is 0 Å². The van der Waals surface area contributed by atoms with Crippen molar-refractivity contribution in [3.8, 4) is 17.0 Å². The maximum Gasteiger partial charge on any atom is 0.419 e. The number of ether oxygens (including phenoxy) is 1. The summed E-state index contributed by atoms with van der Waals surface area (Å²) in [6, 6.07) is 10.3. The number of nitrogens with one attached hydrogen (secondary N) is 1. The lowest BCUT2D eigenvalue weighted by Crippen LogP contribution is -2.32. The van der Waals surface area contributed by atoms with E-state index in [1.807, 2.05) is 0 Å². The van der Waals surface area contributed by atoms with Crippen LogP contribution in [0, 0.1) is 6.92 Å². The molecule has 0 amide bonds. The minimum Gasteiger partial charge on any atom is -0.495 e. The van der Waals surface area contributed by atoms with Crippen molar-refractivity contribution in [2.24, 2.45) is 5.73 Å². The van der Waals surface area contributed by atoms with Crippen LogP contribution >= 0.6 is 0 Å². The van der Waals surface area contributed by atoms with Crippen LogP contribution in [-0.2, 0) is 17.4 Å². The molecule has 0 spiro atoms. The number of benzene rings is 2. The highest BCUT2D eigenvalue weighted by Crippen LogP contribution is 2.37. The number of halogens is 3. The molecule has 7 nitrogen and oxygen atoms in total. The second-order valence-electron chi connectivity index (χ2n) is 7.13. The van der Waals surface area contributed by atoms with Crippen molar-refractivity contribution in [1.82, 2.24) is 9.97 Å². The number of carboxylic acid groups (broad SMARTS) is 1. The monoisotopic (exact) mass is 446 g/mol. The summed E-state index contributed by atoms with van der Waals surface area (Å²) in [5.74, 6) is -0.850. The molecule has 0 fully saturated rings. The molecule has 0 saturated heterocycles. The van der Waals surface area contributed by atoms with Gasteiger partial charge in [-0.25, -0.2) is 9.97 Å². The summed E-state index contributed by atoms with van der Waals surface area (Å²) in [7, 11) is 1.41. The number of hydrogen-bond donors (Lipinski definition) is 3. The van der Waals surface area contributed by atoms with Gasteiger partial charge < -0.3 is 20.9 Å². The molecule has 32 heavy (non-hydrogen) atoms. The van der Waals surface area contributed by atoms with Gasteiger partial charge in [0.25, 0.3) is 0 Å². The van der Waals surface area contributed by atoms with Gasteiger partial charge >= 0.3 is 12.1 Å². The fraction of sp³-hybridized carbons (Fsp3) is 0.227. The number of rotatable bonds is 7. The third-order valence-corrected chi connectivity index (χ3v) is 4.67. The minimum absolute atomic E-state index is 0.0530. The zero-order chi connectivity index (χ0) is 23.5. The summed E-state index contributed by atoms with van der Waals surface area (Å²) in [6.45, 7) is 1.78. The molecule has 1 heterocycles. The molecule has 0 aliphatic rings. The number of nitrogens with zero attached hydrogens (tertiary/aromatic N) is 2. The first-order valence-electron chi connectivity index (χ1n) is 9.52. The lowest BCUT2D eigenvalue weighted by atomic mass is 10.0. The largest absolute Gasteiger partial charge is 0.495 e. The van der Waals surface area contributed by atoms with Crippen molar-refractivity contribution in [3.05, 3.63) is 65.4 Å². The number of carbonyl (C=O) groups is 1. The van der Waals surface area contributed by atoms with E-state index in [0.717, 1.165) is 11.8 Å². The van der Waals surface area contributed by atoms with E-state index in [-0.39, 0.29) is 18.1 Å². The molecule has 0 aliphatic carbocycles. The van der Waals surface area contributed by atoms with Gasteiger partial charge in [-0.05, 0) is 37.1 Å². The summed E-state index contributed by atoms with van der Waals surface area (Å²) in [6.07, 6.45) is -3.81. The van der Waals surface area contributed by atoms with Crippen LogP contribution in [0.1, 0.15) is 16.7 Å². The van der Waals surface area contributed by atoms with E-state index < -0.39 is 23.8 Å². The Morgan fingerprint density at radius 3 is 2.62 bits per heavy atom. The van der Waals surface area contributed by atoms with E-state index in [1.54, 1.807) is 49.4 Å². The third-order valence-electron chi connectivity index (χ3n) is 4.67. The summed E-state index contributed by atoms with van der Waals surface area (Å²) in [5, 5.41) is 11.8. The Hall–Kier alpha value is -3.66. The molecule has 3 rings (SSSR count). The molecule has 0 saturated carbocycles. The van der Waals surface area contributed by atoms with Crippen molar-refractivity contribution in [2.75, 3.05) is 12.4 Å². The topological polar surface area (TPSA) is 110 Å². The SMILES string of the molecule is COc1cc(CC(N)C(=O)O)ccc1Nc1ncc(C(F)(F)F)c(-c2cccc(C)c2)n1. The van der Waals surface area contributed by atoms with Crippen molar-refractivity contribution >= 4 is 17.6 Å². The van der Waals surface area contributed by atoms with Gasteiger partial charge in [0.05, 0.1) is 18.5 Å². The Morgan fingerprint density at radius 1 is 1.25 bits per heavy atom. The molecule has 0 radical (unpaired) electrons. The zero-order valence-corrected chi connectivity index (χ0v) is 17.3. The molecule has 4 N–H and O–H groups in total. The zero-order valence-electron chi connectivity index (χ0n) is 17.3. The lowest BCUT2D eigenvalue weighted by Gasteiger charge is -2.16. The van der Waals surface area contributed by atoms with E-state index in [2.05, 4.69) is 15.3 Å². The Labute approximate surface area is 182 Å². The molecule has 168 valence electrons. The lowest BCUT2D eigenvalue weighted by molar-refractivity contribution is -0.139. The van der Waals surface area contributed by atoms with Gasteiger partial charge in [-0.3, -0.25) is 4.79 Å². The number of nitrogens with two attached hydrogens (primary N) is 1. The first-order valence-corrected chi connectivity index (χ1v) is 9.52. The molecule has 0 bridgehead atoms. The maximum absolute atomic E-state index is 13.5. The van der Waals surface area contributed by atoms with Crippen LogP contribution in [0.25, 0.3) is 11.3 Å². The third kappa shape index (κ3) is 5.33. The fourth-order valence-corrected chi connectivity index (χ4v) is 3.09. The predicted molar refractivity (Wildman–Crippen MR) is 113 cm³/mol. The summed E-state index contributed by atoms with van der Waals surface area (Å²) >= 11 is 0. The number of anilines is 2. The Morgan fingerprint density at radius 2 is 2.00 bits per heavy atom. The molecule has 10 heteroatoms. The summed E-state index contributed by atoms with van der Waals surface area (Å²) in [5.41, 5.74) is 6.50. The van der Waals surface area contributed by atoms with Gasteiger partial charge in [-0.1, -0.05) is 29.8 Å². The van der Waals surface area contributed by atoms with Gasteiger partial charge in [0.1, 0.15) is 17.4 Å². The van der Waals surface area contributed by atoms with Gasteiger partial charge in [0.2, 0.25) is 5.95 Å². The summed E-state index contributed by atoms with van der Waals surface area (Å²) in [4.78, 5) is 18.9. The standard InChI is InChI=1S/C22H21F3N4O3/c1-12-4-3-5-14(8-12)19-15(22(23,24)25)11-27-21(29-19)28-17-7-6-13(10-18(17)32-2)9-16(26)20(30)31/h3-8,10-11,16H,9,26H2,1-2H3,(H,30,31)(H,27,28,29). The van der Waals surface area contributed by atoms with Crippen LogP contribution in [0.4, 0.5) is 24.8 Å². The average molecular weight is 446 g/mol. The fourth-order valence-electron chi connectivity index (χ4n) is 3.09. The highest BCUT2D eigenvalue weighted by molar-refractivity contribution is 5.74. The smallest absolute Gasteiger partial charge is 0.419 e. The number of alkyl halides is 3. The molecular weight excluding hydrogens is 425 g/mol. The molecule has 1 unspecified atom stereocenters. The molecule has 2 aromatic carbocycles. The van der Waals surface area contributed by atoms with Crippen LogP contribution in [0.15, 0.2) is 48.7 Å². The second-order valence-corrected chi connectivity index (χ2v) is 7.13. The quantitative estimate of drug-likeness (QED) is 0.499. The minimum atomic E-state index is -4.63. The van der Waals surface area contributed by atoms with Crippen molar-refractivity contribution in [2.45, 2.75) is 25.6 Å². The van der Waals surface area contributed by atoms with E-state index in [4.69, 9.17) is 15.6 Å². The van der Waals surface area contributed by atoms with Gasteiger partial charge in [0, 0.05) is 11.8 Å². The van der Waals surface area contributed by atoms with Crippen LogP contribution in [-0.4, -0.2) is 34.2 Å². The van der Waals surface area contributed by atoms with E-state index in [1.165, 1.54) is 7.11 Å². The van der Waals surface area contributed by atoms with E-state index in [0.29, 0.717) is 22.6 Å². The van der Waals surface area contributed by atoms with E-state index in [9.17, 15) is 18.0 Å². The van der Waals surface area contributed by atoms with Gasteiger partial charge in [-0.15, -0.1) is 0 Å². The van der Waals surface area contributed by atoms with Crippen LogP contribution in [0.5, 0.6) is 5.75 Å². The van der Waals surface area contributed by atoms with Crippen molar-refractivity contribution < 1.29 is 27.8 Å². The van der Waals surface area contributed by atoms with Gasteiger partial charge in [0.15, 0.2) is 0 Å². The first-order chi connectivity index (χ1) is 15.1. The predicted octanol–water partition coefficient (Wildman–Crippen LogP) is 4.18. The number of aromatic nitrogens is 2. The molecular formula is C22H21F3N4O3. The molecule has 1 atom stereocenters. The number of aryl methyl sites for hydroxylation is 1. The Balaban J connectivity index is 1.97. The van der Waals surface area contributed by atoms with Crippen LogP contribution in [0.3, 0.4) is 0 Å². The number of aliphatic carboxylic acids is 1. The number of carboxylic acids is 1. The highest BCUT2D eigenvalue weighted by atomic mass is 19.4. The molecule has 1 aromatic heterocycles. The highest BCUT2D eigenvalue weighted by Gasteiger charge is 2.35. The Bertz CT molecular complexity index is 1140.